The van der Waals surface area contributed by atoms with Crippen molar-refractivity contribution in [3.05, 3.63) is 23.3 Å². The van der Waals surface area contributed by atoms with Crippen LogP contribution in [0.2, 0.25) is 0 Å². The Kier molecular flexibility index (Phi) is 4.76. The largest absolute Gasteiger partial charge is 0.398 e. The second-order valence-electron chi connectivity index (χ2n) is 4.73. The van der Waals surface area contributed by atoms with Gasteiger partial charge in [-0.15, -0.1) is 0 Å². The molecule has 4 nitrogen and oxygen atoms in total. The van der Waals surface area contributed by atoms with Crippen LogP contribution in [0.5, 0.6) is 0 Å². The summed E-state index contributed by atoms with van der Waals surface area (Å²) in [6.07, 6.45) is 1.76. The van der Waals surface area contributed by atoms with Crippen LogP contribution >= 0.6 is 0 Å². The van der Waals surface area contributed by atoms with Crippen molar-refractivity contribution in [1.29, 1.82) is 0 Å². The SMILES string of the molecule is CCCC(C)NS(=O)(=O)c1ccc(C)c(N)c1C. The third-order valence-electron chi connectivity index (χ3n) is 3.05. The van der Waals surface area contributed by atoms with Crippen molar-refractivity contribution < 1.29 is 8.42 Å². The Bertz CT molecular complexity index is 524. The predicted molar refractivity (Wildman–Crippen MR) is 75.0 cm³/mol. The molecule has 1 aromatic carbocycles. The Morgan fingerprint density at radius 1 is 1.33 bits per heavy atom. The number of nitrogens with one attached hydrogen (secondary N) is 1. The Labute approximate surface area is 110 Å². The Morgan fingerprint density at radius 2 is 1.94 bits per heavy atom. The van der Waals surface area contributed by atoms with Crippen molar-refractivity contribution >= 4 is 15.7 Å². The molecule has 0 aliphatic rings. The lowest BCUT2D eigenvalue weighted by molar-refractivity contribution is 0.543. The van der Waals surface area contributed by atoms with Crippen LogP contribution in [0.3, 0.4) is 0 Å². The monoisotopic (exact) mass is 270 g/mol. The lowest BCUT2D eigenvalue weighted by Crippen LogP contribution is -2.33. The van der Waals surface area contributed by atoms with Gasteiger partial charge in [0.25, 0.3) is 0 Å². The zero-order valence-corrected chi connectivity index (χ0v) is 12.3. The fourth-order valence-corrected chi connectivity index (χ4v) is 3.49. The second-order valence-corrected chi connectivity index (χ2v) is 6.41. The number of benzene rings is 1. The number of nitrogens with two attached hydrogens (primary N) is 1. The number of rotatable bonds is 5. The van der Waals surface area contributed by atoms with Crippen molar-refractivity contribution in [3.8, 4) is 0 Å². The molecule has 3 N–H and O–H groups in total. The van der Waals surface area contributed by atoms with Crippen molar-refractivity contribution in [3.63, 3.8) is 0 Å². The van der Waals surface area contributed by atoms with Crippen molar-refractivity contribution in [2.45, 2.75) is 51.5 Å². The molecule has 0 amide bonds. The van der Waals surface area contributed by atoms with E-state index in [0.717, 1.165) is 18.4 Å². The maximum Gasteiger partial charge on any atom is 0.241 e. The number of hydrogen-bond donors (Lipinski definition) is 2. The van der Waals surface area contributed by atoms with Crippen molar-refractivity contribution in [2.24, 2.45) is 0 Å². The van der Waals surface area contributed by atoms with E-state index in [-0.39, 0.29) is 10.9 Å². The minimum atomic E-state index is -3.48. The molecule has 0 bridgehead atoms. The van der Waals surface area contributed by atoms with Crippen LogP contribution in [0.1, 0.15) is 37.8 Å². The molecule has 0 heterocycles. The van der Waals surface area contributed by atoms with Crippen LogP contribution in [0.25, 0.3) is 0 Å². The maximum atomic E-state index is 12.2. The third kappa shape index (κ3) is 3.23. The molecule has 0 saturated heterocycles. The summed E-state index contributed by atoms with van der Waals surface area (Å²) in [6.45, 7) is 7.50. The van der Waals surface area contributed by atoms with Crippen LogP contribution in [0, 0.1) is 13.8 Å². The summed E-state index contributed by atoms with van der Waals surface area (Å²) >= 11 is 0. The lowest BCUT2D eigenvalue weighted by Gasteiger charge is -2.16. The standard InChI is InChI=1S/C13H22N2O2S/c1-5-6-10(3)15-18(16,17)12-8-7-9(2)13(14)11(12)4/h7-8,10,15H,5-6,14H2,1-4H3. The predicted octanol–water partition coefficient (Wildman–Crippen LogP) is 2.35. The average molecular weight is 270 g/mol. The van der Waals surface area contributed by atoms with E-state index < -0.39 is 10.0 Å². The topological polar surface area (TPSA) is 72.2 Å². The summed E-state index contributed by atoms with van der Waals surface area (Å²) in [5.74, 6) is 0. The fourth-order valence-electron chi connectivity index (χ4n) is 1.96. The van der Waals surface area contributed by atoms with Gasteiger partial charge in [0.1, 0.15) is 0 Å². The van der Waals surface area contributed by atoms with E-state index in [0.29, 0.717) is 11.3 Å². The fraction of sp³-hybridized carbons (Fsp3) is 0.538. The molecule has 18 heavy (non-hydrogen) atoms. The minimum absolute atomic E-state index is 0.0677. The first-order valence-corrected chi connectivity index (χ1v) is 7.66. The van der Waals surface area contributed by atoms with Gasteiger partial charge in [0.05, 0.1) is 4.90 Å². The molecule has 0 spiro atoms. The van der Waals surface area contributed by atoms with E-state index in [9.17, 15) is 8.42 Å². The molecule has 5 heteroatoms. The lowest BCUT2D eigenvalue weighted by atomic mass is 10.1. The molecule has 1 aromatic rings. The summed E-state index contributed by atoms with van der Waals surface area (Å²) in [6, 6.07) is 3.28. The van der Waals surface area contributed by atoms with Gasteiger partial charge in [-0.3, -0.25) is 0 Å². The molecular formula is C13H22N2O2S. The first kappa shape index (κ1) is 15.0. The highest BCUT2D eigenvalue weighted by atomic mass is 32.2. The molecule has 102 valence electrons. The summed E-state index contributed by atoms with van der Waals surface area (Å²) in [4.78, 5) is 0.272. The van der Waals surface area contributed by atoms with Gasteiger partial charge in [0.2, 0.25) is 10.0 Å². The van der Waals surface area contributed by atoms with E-state index in [1.165, 1.54) is 0 Å². The van der Waals surface area contributed by atoms with Gasteiger partial charge in [-0.2, -0.15) is 0 Å². The van der Waals surface area contributed by atoms with Crippen LogP contribution < -0.4 is 10.5 Å². The summed E-state index contributed by atoms with van der Waals surface area (Å²) < 4.78 is 27.1. The van der Waals surface area contributed by atoms with Gasteiger partial charge < -0.3 is 5.73 Å². The van der Waals surface area contributed by atoms with Gasteiger partial charge in [-0.05, 0) is 44.4 Å². The van der Waals surface area contributed by atoms with Gasteiger partial charge in [-0.25, -0.2) is 13.1 Å². The Balaban J connectivity index is 3.10. The van der Waals surface area contributed by atoms with Gasteiger partial charge >= 0.3 is 0 Å². The first-order chi connectivity index (χ1) is 8.29. The van der Waals surface area contributed by atoms with E-state index in [1.807, 2.05) is 20.8 Å². The average Bonchev–Trinajstić information content (AvgIpc) is 2.25. The van der Waals surface area contributed by atoms with E-state index >= 15 is 0 Å². The maximum absolute atomic E-state index is 12.2. The molecule has 1 unspecified atom stereocenters. The molecule has 1 atom stereocenters. The highest BCUT2D eigenvalue weighted by Gasteiger charge is 2.20. The highest BCUT2D eigenvalue weighted by Crippen LogP contribution is 2.24. The van der Waals surface area contributed by atoms with E-state index in [2.05, 4.69) is 4.72 Å². The molecular weight excluding hydrogens is 248 g/mol. The Morgan fingerprint density at radius 3 is 2.50 bits per heavy atom. The summed E-state index contributed by atoms with van der Waals surface area (Å²) in [5.41, 5.74) is 7.93. The van der Waals surface area contributed by atoms with Crippen LogP contribution in [0.15, 0.2) is 17.0 Å². The number of sulfonamides is 1. The van der Waals surface area contributed by atoms with E-state index in [1.54, 1.807) is 19.1 Å². The van der Waals surface area contributed by atoms with Gasteiger partial charge in [0, 0.05) is 11.7 Å². The zero-order chi connectivity index (χ0) is 13.9. The van der Waals surface area contributed by atoms with Gasteiger partial charge in [0.15, 0.2) is 0 Å². The van der Waals surface area contributed by atoms with Crippen molar-refractivity contribution in [2.75, 3.05) is 5.73 Å². The minimum Gasteiger partial charge on any atom is -0.398 e. The summed E-state index contributed by atoms with van der Waals surface area (Å²) in [7, 11) is -3.48. The van der Waals surface area contributed by atoms with Crippen LogP contribution in [-0.2, 0) is 10.0 Å². The number of aryl methyl sites for hydroxylation is 1. The normalized spacial score (nSPS) is 13.6. The summed E-state index contributed by atoms with van der Waals surface area (Å²) in [5, 5.41) is 0. The van der Waals surface area contributed by atoms with Crippen molar-refractivity contribution in [1.82, 2.24) is 4.72 Å². The van der Waals surface area contributed by atoms with Gasteiger partial charge in [-0.1, -0.05) is 19.4 Å². The molecule has 0 aliphatic carbocycles. The zero-order valence-electron chi connectivity index (χ0n) is 11.4. The van der Waals surface area contributed by atoms with Crippen LogP contribution in [0.4, 0.5) is 5.69 Å². The third-order valence-corrected chi connectivity index (χ3v) is 4.78. The number of anilines is 1. The number of hydrogen-bond acceptors (Lipinski definition) is 3. The first-order valence-electron chi connectivity index (χ1n) is 6.17. The molecule has 0 aliphatic heterocycles. The van der Waals surface area contributed by atoms with Crippen LogP contribution in [-0.4, -0.2) is 14.5 Å². The molecule has 0 fully saturated rings. The molecule has 0 radical (unpaired) electrons. The quantitative estimate of drug-likeness (QED) is 0.807. The van der Waals surface area contributed by atoms with E-state index in [4.69, 9.17) is 5.73 Å². The Hall–Kier alpha value is -1.07. The smallest absolute Gasteiger partial charge is 0.241 e. The molecule has 0 saturated carbocycles. The molecule has 0 aromatic heterocycles. The highest BCUT2D eigenvalue weighted by molar-refractivity contribution is 7.89. The number of nitrogen functional groups attached to an aromatic ring is 1. The molecule has 1 rings (SSSR count). The second kappa shape index (κ2) is 5.71.